The summed E-state index contributed by atoms with van der Waals surface area (Å²) in [6.07, 6.45) is 49.6. The van der Waals surface area contributed by atoms with Crippen LogP contribution in [0.4, 0.5) is 0 Å². The van der Waals surface area contributed by atoms with Gasteiger partial charge in [-0.2, -0.15) is 0 Å². The minimum absolute atomic E-state index is 0.255. The molecule has 2 aliphatic rings. The van der Waals surface area contributed by atoms with E-state index < -0.39 is 86.8 Å². The summed E-state index contributed by atoms with van der Waals surface area (Å²) >= 11 is 0. The molecule has 0 spiro atoms. The van der Waals surface area contributed by atoms with Crippen LogP contribution in [-0.2, 0) is 23.7 Å². The second-order valence-electron chi connectivity index (χ2n) is 22.1. The molecule has 0 radical (unpaired) electrons. The quantitative estimate of drug-likeness (QED) is 0.0204. The molecule has 0 aromatic rings. The van der Waals surface area contributed by atoms with Crippen molar-refractivity contribution in [2.45, 2.75) is 312 Å². The fourth-order valence-electron chi connectivity index (χ4n) is 10.0. The minimum Gasteiger partial charge on any atom is -0.394 e. The molecule has 0 aliphatic carbocycles. The van der Waals surface area contributed by atoms with Crippen LogP contribution in [0.5, 0.6) is 0 Å². The molecule has 14 heteroatoms. The predicted octanol–water partition coefficient (Wildman–Crippen LogP) is 11.5. The van der Waals surface area contributed by atoms with Crippen molar-refractivity contribution >= 4 is 5.91 Å². The molecule has 1 amide bonds. The van der Waals surface area contributed by atoms with Crippen LogP contribution < -0.4 is 5.32 Å². The maximum atomic E-state index is 13.3. The standard InChI is InChI=1S/C65H115NO13/c1-3-5-7-9-11-13-15-17-19-21-22-23-24-25-26-27-28-29-30-31-33-34-36-38-40-42-44-46-48-54(69)53(66-57(70)49-47-45-43-41-39-37-35-32-20-18-16-14-12-10-8-6-4-2)52-76-64-62(75)60(73)63(56(51-68)78-64)79-65-61(74)59(72)58(71)55(50-67)77-65/h6,8,12,14,18,20,31,33,38,40,46,48,53-56,58-65,67-69,71-75H,3-5,7,9-11,13,15-17,19,21-30,32,34-37,39,41-45,47,49-52H2,1-2H3,(H,66,70)/b8-6-,14-12-,20-18-,33-31+,40-38+,48-46+. The molecule has 12 unspecified atom stereocenters. The zero-order valence-corrected chi connectivity index (χ0v) is 49.3. The lowest BCUT2D eigenvalue weighted by molar-refractivity contribution is -0.359. The molecule has 2 saturated heterocycles. The van der Waals surface area contributed by atoms with E-state index in [1.54, 1.807) is 6.08 Å². The number of aliphatic hydroxyl groups excluding tert-OH is 8. The van der Waals surface area contributed by atoms with Crippen molar-refractivity contribution in [1.29, 1.82) is 0 Å². The Bertz CT molecular complexity index is 1600. The first-order chi connectivity index (χ1) is 38.6. The van der Waals surface area contributed by atoms with Crippen LogP contribution in [0, 0.1) is 0 Å². The summed E-state index contributed by atoms with van der Waals surface area (Å²) in [4.78, 5) is 13.3. The molecule has 2 heterocycles. The molecule has 0 bridgehead atoms. The molecule has 0 aromatic carbocycles. The van der Waals surface area contributed by atoms with Crippen molar-refractivity contribution in [2.75, 3.05) is 19.8 Å². The summed E-state index contributed by atoms with van der Waals surface area (Å²) in [6, 6.07) is -0.948. The molecule has 12 atom stereocenters. The lowest BCUT2D eigenvalue weighted by Crippen LogP contribution is -2.65. The van der Waals surface area contributed by atoms with E-state index in [4.69, 9.17) is 18.9 Å². The SMILES string of the molecule is CC/C=C\C/C=C\C/C=C\CCCCCCCCCC(=O)NC(COC1OC(CO)C(OC2OC(CO)C(O)C(O)C2O)C(O)C1O)C(O)/C=C/CC/C=C/CC/C=C/CCCCCCCCCCCCCCCCCCCC. The number of aliphatic hydroxyl groups is 8. The van der Waals surface area contributed by atoms with Crippen LogP contribution in [-0.4, -0.2) is 140 Å². The highest BCUT2D eigenvalue weighted by Crippen LogP contribution is 2.30. The fraction of sp³-hybridized carbons (Fsp3) is 0.800. The van der Waals surface area contributed by atoms with E-state index >= 15 is 0 Å². The second-order valence-corrected chi connectivity index (χ2v) is 22.1. The molecule has 2 rings (SSSR count). The highest BCUT2D eigenvalue weighted by Gasteiger charge is 2.51. The normalized spacial score (nSPS) is 24.9. The van der Waals surface area contributed by atoms with E-state index in [-0.39, 0.29) is 18.9 Å². The van der Waals surface area contributed by atoms with E-state index in [0.29, 0.717) is 12.8 Å². The smallest absolute Gasteiger partial charge is 0.220 e. The van der Waals surface area contributed by atoms with Crippen molar-refractivity contribution < 1.29 is 64.6 Å². The van der Waals surface area contributed by atoms with E-state index in [1.807, 2.05) is 6.08 Å². The first kappa shape index (κ1) is 72.5. The van der Waals surface area contributed by atoms with Gasteiger partial charge in [0.1, 0.15) is 48.8 Å². The van der Waals surface area contributed by atoms with Gasteiger partial charge in [0, 0.05) is 6.42 Å². The molecule has 79 heavy (non-hydrogen) atoms. The van der Waals surface area contributed by atoms with Crippen LogP contribution in [0.1, 0.15) is 239 Å². The number of amides is 1. The molecule has 2 fully saturated rings. The molecule has 2 aliphatic heterocycles. The third kappa shape index (κ3) is 35.2. The lowest BCUT2D eigenvalue weighted by Gasteiger charge is -2.46. The van der Waals surface area contributed by atoms with Crippen LogP contribution in [0.15, 0.2) is 72.9 Å². The molecule has 0 saturated carbocycles. The van der Waals surface area contributed by atoms with Gasteiger partial charge in [-0.25, -0.2) is 0 Å². The molecule has 9 N–H and O–H groups in total. The summed E-state index contributed by atoms with van der Waals surface area (Å²) in [6.45, 7) is 2.66. The Kier molecular flexibility index (Phi) is 45.9. The number of carbonyl (C=O) groups excluding carboxylic acids is 1. The molecule has 0 aromatic heterocycles. The molecular formula is C65H115NO13. The largest absolute Gasteiger partial charge is 0.394 e. The van der Waals surface area contributed by atoms with Crippen molar-refractivity contribution in [3.63, 3.8) is 0 Å². The number of carbonyl (C=O) groups is 1. The molecule has 458 valence electrons. The number of nitrogens with one attached hydrogen (secondary N) is 1. The Hall–Kier alpha value is -2.57. The Balaban J connectivity index is 1.75. The monoisotopic (exact) mass is 1120 g/mol. The van der Waals surface area contributed by atoms with Gasteiger partial charge in [-0.05, 0) is 77.0 Å². The van der Waals surface area contributed by atoms with Crippen LogP contribution in [0.2, 0.25) is 0 Å². The van der Waals surface area contributed by atoms with Crippen molar-refractivity contribution in [2.24, 2.45) is 0 Å². The molecular weight excluding hydrogens is 1000 g/mol. The average Bonchev–Trinajstić information content (AvgIpc) is 3.47. The zero-order chi connectivity index (χ0) is 57.4. The lowest BCUT2D eigenvalue weighted by atomic mass is 9.97. The predicted molar refractivity (Wildman–Crippen MR) is 318 cm³/mol. The second kappa shape index (κ2) is 50.0. The first-order valence-electron chi connectivity index (χ1n) is 31.7. The van der Waals surface area contributed by atoms with Crippen molar-refractivity contribution in [3.8, 4) is 0 Å². The van der Waals surface area contributed by atoms with Crippen LogP contribution >= 0.6 is 0 Å². The van der Waals surface area contributed by atoms with E-state index in [1.165, 1.54) is 122 Å². The van der Waals surface area contributed by atoms with E-state index in [9.17, 15) is 45.6 Å². The van der Waals surface area contributed by atoms with Gasteiger partial charge in [0.15, 0.2) is 12.6 Å². The summed E-state index contributed by atoms with van der Waals surface area (Å²) in [5, 5.41) is 87.1. The van der Waals surface area contributed by atoms with Crippen molar-refractivity contribution in [3.05, 3.63) is 72.9 Å². The van der Waals surface area contributed by atoms with Crippen LogP contribution in [0.3, 0.4) is 0 Å². The summed E-state index contributed by atoms with van der Waals surface area (Å²) in [5.74, 6) is -0.265. The number of hydrogen-bond acceptors (Lipinski definition) is 13. The number of ether oxygens (including phenoxy) is 4. The van der Waals surface area contributed by atoms with Gasteiger partial charge >= 0.3 is 0 Å². The fourth-order valence-corrected chi connectivity index (χ4v) is 10.0. The highest BCUT2D eigenvalue weighted by atomic mass is 16.7. The van der Waals surface area contributed by atoms with Gasteiger partial charge in [-0.1, -0.05) is 228 Å². The van der Waals surface area contributed by atoms with E-state index in [0.717, 1.165) is 83.5 Å². The Morgan fingerprint density at radius 2 is 0.886 bits per heavy atom. The molecule has 14 nitrogen and oxygen atoms in total. The maximum Gasteiger partial charge on any atom is 0.220 e. The zero-order valence-electron chi connectivity index (χ0n) is 49.3. The minimum atomic E-state index is -1.80. The number of hydrogen-bond donors (Lipinski definition) is 9. The first-order valence-corrected chi connectivity index (χ1v) is 31.7. The summed E-state index contributed by atoms with van der Waals surface area (Å²) in [5.41, 5.74) is 0. The number of rotatable bonds is 50. The average molecular weight is 1120 g/mol. The van der Waals surface area contributed by atoms with Gasteiger partial charge in [0.2, 0.25) is 5.91 Å². The summed E-state index contributed by atoms with van der Waals surface area (Å²) in [7, 11) is 0. The van der Waals surface area contributed by atoms with Crippen LogP contribution in [0.25, 0.3) is 0 Å². The van der Waals surface area contributed by atoms with Gasteiger partial charge in [-0.15, -0.1) is 0 Å². The van der Waals surface area contributed by atoms with E-state index in [2.05, 4.69) is 79.9 Å². The number of allylic oxidation sites excluding steroid dienone is 11. The van der Waals surface area contributed by atoms with Gasteiger partial charge in [0.05, 0.1) is 32.0 Å². The maximum absolute atomic E-state index is 13.3. The van der Waals surface area contributed by atoms with Crippen molar-refractivity contribution in [1.82, 2.24) is 5.32 Å². The Morgan fingerprint density at radius 1 is 0.468 bits per heavy atom. The van der Waals surface area contributed by atoms with Gasteiger partial charge < -0.3 is 65.1 Å². The summed E-state index contributed by atoms with van der Waals surface area (Å²) < 4.78 is 22.8. The third-order valence-corrected chi connectivity index (χ3v) is 15.1. The van der Waals surface area contributed by atoms with Gasteiger partial charge in [0.25, 0.3) is 0 Å². The highest BCUT2D eigenvalue weighted by molar-refractivity contribution is 5.76. The third-order valence-electron chi connectivity index (χ3n) is 15.1. The van der Waals surface area contributed by atoms with Gasteiger partial charge in [-0.3, -0.25) is 4.79 Å². The topological polar surface area (TPSA) is 228 Å². The Morgan fingerprint density at radius 3 is 1.39 bits per heavy atom. The number of unbranched alkanes of at least 4 members (excludes halogenated alkanes) is 27. The Labute approximate surface area is 478 Å².